The van der Waals surface area contributed by atoms with Gasteiger partial charge in [0.1, 0.15) is 5.75 Å². The Morgan fingerprint density at radius 3 is 2.52 bits per heavy atom. The molecule has 0 saturated heterocycles. The van der Waals surface area contributed by atoms with Gasteiger partial charge in [0.15, 0.2) is 0 Å². The van der Waals surface area contributed by atoms with E-state index in [2.05, 4.69) is 50.2 Å². The molecular weight excluding hydrogens is 260 g/mol. The molecule has 21 heavy (non-hydrogen) atoms. The van der Waals surface area contributed by atoms with Gasteiger partial charge in [0, 0.05) is 24.7 Å². The number of nitrogens with zero attached hydrogens (tertiary/aromatic N) is 1. The molecule has 0 aromatic heterocycles. The van der Waals surface area contributed by atoms with E-state index in [1.54, 1.807) is 7.11 Å². The average molecular weight is 292 g/mol. The largest absolute Gasteiger partial charge is 0.496 e. The molecule has 1 aromatic carbocycles. The zero-order valence-corrected chi connectivity index (χ0v) is 14.4. The molecular formula is C18H32N2O. The van der Waals surface area contributed by atoms with E-state index in [1.165, 1.54) is 18.4 Å². The summed E-state index contributed by atoms with van der Waals surface area (Å²) >= 11 is 0. The summed E-state index contributed by atoms with van der Waals surface area (Å²) in [5.74, 6) is 1.68. The molecule has 1 N–H and O–H groups in total. The van der Waals surface area contributed by atoms with Crippen molar-refractivity contribution >= 4 is 0 Å². The Labute approximate surface area is 130 Å². The Morgan fingerprint density at radius 2 is 1.90 bits per heavy atom. The first-order valence-corrected chi connectivity index (χ1v) is 8.11. The monoisotopic (exact) mass is 292 g/mol. The van der Waals surface area contributed by atoms with E-state index in [0.717, 1.165) is 25.4 Å². The van der Waals surface area contributed by atoms with Gasteiger partial charge >= 0.3 is 0 Å². The Kier molecular flexibility index (Phi) is 8.40. The summed E-state index contributed by atoms with van der Waals surface area (Å²) in [6.45, 7) is 9.82. The van der Waals surface area contributed by atoms with Crippen LogP contribution in [0.15, 0.2) is 24.3 Å². The van der Waals surface area contributed by atoms with Gasteiger partial charge < -0.3 is 10.1 Å². The quantitative estimate of drug-likeness (QED) is 0.714. The van der Waals surface area contributed by atoms with Crippen molar-refractivity contribution in [1.82, 2.24) is 10.2 Å². The van der Waals surface area contributed by atoms with Crippen LogP contribution in [0.2, 0.25) is 0 Å². The molecule has 3 nitrogen and oxygen atoms in total. The van der Waals surface area contributed by atoms with Gasteiger partial charge in [0.2, 0.25) is 0 Å². The lowest BCUT2D eigenvalue weighted by Crippen LogP contribution is -2.40. The van der Waals surface area contributed by atoms with E-state index >= 15 is 0 Å². The summed E-state index contributed by atoms with van der Waals surface area (Å²) in [6.07, 6.45) is 2.43. The summed E-state index contributed by atoms with van der Waals surface area (Å²) < 4.78 is 5.46. The van der Waals surface area contributed by atoms with Gasteiger partial charge in [-0.25, -0.2) is 0 Å². The molecule has 0 fully saturated rings. The summed E-state index contributed by atoms with van der Waals surface area (Å²) in [6, 6.07) is 8.86. The second kappa shape index (κ2) is 9.80. The molecule has 120 valence electrons. The molecule has 0 spiro atoms. The predicted molar refractivity (Wildman–Crippen MR) is 90.9 cm³/mol. The molecule has 0 amide bonds. The van der Waals surface area contributed by atoms with Crippen molar-refractivity contribution in [2.24, 2.45) is 5.92 Å². The number of methoxy groups -OCH3 is 1. The molecule has 0 aliphatic heterocycles. The van der Waals surface area contributed by atoms with Crippen molar-refractivity contribution in [3.8, 4) is 5.75 Å². The van der Waals surface area contributed by atoms with Crippen molar-refractivity contribution in [2.75, 3.05) is 27.2 Å². The highest BCUT2D eigenvalue weighted by molar-refractivity contribution is 5.33. The van der Waals surface area contributed by atoms with Crippen LogP contribution in [0.5, 0.6) is 5.75 Å². The van der Waals surface area contributed by atoms with Crippen molar-refractivity contribution in [2.45, 2.75) is 46.2 Å². The Morgan fingerprint density at radius 1 is 1.19 bits per heavy atom. The van der Waals surface area contributed by atoms with Crippen LogP contribution < -0.4 is 10.1 Å². The first-order chi connectivity index (χ1) is 10.1. The van der Waals surface area contributed by atoms with E-state index in [0.29, 0.717) is 12.0 Å². The fourth-order valence-electron chi connectivity index (χ4n) is 2.58. The first-order valence-electron chi connectivity index (χ1n) is 8.11. The van der Waals surface area contributed by atoms with Crippen LogP contribution in [0, 0.1) is 5.92 Å². The number of likely N-dealkylation sites (N-methyl/N-ethyl adjacent to an activating group) is 1. The lowest BCUT2D eigenvalue weighted by Gasteiger charge is -2.29. The average Bonchev–Trinajstić information content (AvgIpc) is 2.46. The molecule has 0 bridgehead atoms. The maximum Gasteiger partial charge on any atom is 0.123 e. The topological polar surface area (TPSA) is 24.5 Å². The van der Waals surface area contributed by atoms with Gasteiger partial charge in [-0.1, -0.05) is 45.4 Å². The smallest absolute Gasteiger partial charge is 0.123 e. The number of rotatable bonds is 10. The zero-order chi connectivity index (χ0) is 15.7. The third-order valence-electron chi connectivity index (χ3n) is 3.79. The van der Waals surface area contributed by atoms with Gasteiger partial charge in [-0.05, 0) is 32.0 Å². The molecule has 0 saturated carbocycles. The minimum Gasteiger partial charge on any atom is -0.496 e. The standard InChI is InChI=1S/C18H32N2O/c1-6-9-17(13-19-12-15(2)3)20(4)14-16-10-7-8-11-18(16)21-5/h7-8,10-11,15,17,19H,6,9,12-14H2,1-5H3. The number of hydrogen-bond donors (Lipinski definition) is 1. The van der Waals surface area contributed by atoms with E-state index in [4.69, 9.17) is 4.74 Å². The van der Waals surface area contributed by atoms with Crippen LogP contribution in [0.4, 0.5) is 0 Å². The molecule has 1 rings (SSSR count). The third-order valence-corrected chi connectivity index (χ3v) is 3.79. The predicted octanol–water partition coefficient (Wildman–Crippen LogP) is 3.54. The molecule has 0 aliphatic rings. The van der Waals surface area contributed by atoms with Crippen LogP contribution in [-0.2, 0) is 6.54 Å². The first kappa shape index (κ1) is 18.0. The molecule has 0 aliphatic carbocycles. The van der Waals surface area contributed by atoms with Gasteiger partial charge in [0.05, 0.1) is 7.11 Å². The summed E-state index contributed by atoms with van der Waals surface area (Å²) in [4.78, 5) is 2.44. The summed E-state index contributed by atoms with van der Waals surface area (Å²) in [5, 5.41) is 3.59. The van der Waals surface area contributed by atoms with Crippen molar-refractivity contribution in [1.29, 1.82) is 0 Å². The Balaban J connectivity index is 2.60. The van der Waals surface area contributed by atoms with Crippen molar-refractivity contribution in [3.63, 3.8) is 0 Å². The molecule has 0 radical (unpaired) electrons. The van der Waals surface area contributed by atoms with E-state index < -0.39 is 0 Å². The SMILES string of the molecule is CCCC(CNCC(C)C)N(C)Cc1ccccc1OC. The van der Waals surface area contributed by atoms with Crippen LogP contribution in [0.25, 0.3) is 0 Å². The second-order valence-electron chi connectivity index (χ2n) is 6.22. The molecule has 0 heterocycles. The molecule has 3 heteroatoms. The van der Waals surface area contributed by atoms with Gasteiger partial charge in [0.25, 0.3) is 0 Å². The van der Waals surface area contributed by atoms with Crippen molar-refractivity contribution in [3.05, 3.63) is 29.8 Å². The fraction of sp³-hybridized carbons (Fsp3) is 0.667. The number of benzene rings is 1. The minimum absolute atomic E-state index is 0.568. The maximum atomic E-state index is 5.46. The highest BCUT2D eigenvalue weighted by Crippen LogP contribution is 2.20. The molecule has 1 aromatic rings. The van der Waals surface area contributed by atoms with Crippen LogP contribution in [-0.4, -0.2) is 38.2 Å². The van der Waals surface area contributed by atoms with Crippen LogP contribution >= 0.6 is 0 Å². The lowest BCUT2D eigenvalue weighted by atomic mass is 10.1. The Hall–Kier alpha value is -1.06. The van der Waals surface area contributed by atoms with E-state index in [1.807, 2.05) is 12.1 Å². The highest BCUT2D eigenvalue weighted by Gasteiger charge is 2.15. The second-order valence-corrected chi connectivity index (χ2v) is 6.22. The number of ether oxygens (including phenoxy) is 1. The van der Waals surface area contributed by atoms with Gasteiger partial charge in [-0.3, -0.25) is 4.90 Å². The molecule has 1 unspecified atom stereocenters. The molecule has 1 atom stereocenters. The lowest BCUT2D eigenvalue weighted by molar-refractivity contribution is 0.211. The zero-order valence-electron chi connectivity index (χ0n) is 14.4. The summed E-state index contributed by atoms with van der Waals surface area (Å²) in [7, 11) is 3.95. The van der Waals surface area contributed by atoms with Crippen LogP contribution in [0.3, 0.4) is 0 Å². The number of hydrogen-bond acceptors (Lipinski definition) is 3. The van der Waals surface area contributed by atoms with E-state index in [9.17, 15) is 0 Å². The third kappa shape index (κ3) is 6.49. The number of nitrogens with one attached hydrogen (secondary N) is 1. The fourth-order valence-corrected chi connectivity index (χ4v) is 2.58. The van der Waals surface area contributed by atoms with Gasteiger partial charge in [-0.15, -0.1) is 0 Å². The van der Waals surface area contributed by atoms with Gasteiger partial charge in [-0.2, -0.15) is 0 Å². The normalized spacial score (nSPS) is 12.9. The highest BCUT2D eigenvalue weighted by atomic mass is 16.5. The maximum absolute atomic E-state index is 5.46. The minimum atomic E-state index is 0.568. The number of para-hydroxylation sites is 1. The Bertz CT molecular complexity index is 393. The van der Waals surface area contributed by atoms with Crippen molar-refractivity contribution < 1.29 is 4.74 Å². The van der Waals surface area contributed by atoms with Crippen LogP contribution in [0.1, 0.15) is 39.2 Å². The van der Waals surface area contributed by atoms with E-state index in [-0.39, 0.29) is 0 Å². The summed E-state index contributed by atoms with van der Waals surface area (Å²) in [5.41, 5.74) is 1.26.